The van der Waals surface area contributed by atoms with Gasteiger partial charge in [-0.1, -0.05) is 28.1 Å². The highest BCUT2D eigenvalue weighted by molar-refractivity contribution is 9.10. The first kappa shape index (κ1) is 13.6. The van der Waals surface area contributed by atoms with E-state index in [9.17, 15) is 13.6 Å². The van der Waals surface area contributed by atoms with Crippen molar-refractivity contribution in [1.29, 1.82) is 0 Å². The Hall–Kier alpha value is -0.420. The molecular weight excluding hydrogens is 298 g/mol. The summed E-state index contributed by atoms with van der Waals surface area (Å²) in [5.74, 6) is -0.305. The third kappa shape index (κ3) is 2.83. The molecule has 16 heavy (non-hydrogen) atoms. The summed E-state index contributed by atoms with van der Waals surface area (Å²) in [5.41, 5.74) is -0.0578. The molecule has 5 heteroatoms. The monoisotopic (exact) mass is 308 g/mol. The van der Waals surface area contributed by atoms with Gasteiger partial charge in [-0.05, 0) is 19.2 Å². The number of hydrogen-bond acceptors (Lipinski definition) is 2. The molecule has 0 N–H and O–H groups in total. The summed E-state index contributed by atoms with van der Waals surface area (Å²) < 4.78 is 25.6. The minimum Gasteiger partial charge on any atom is -0.293 e. The van der Waals surface area contributed by atoms with Crippen molar-refractivity contribution < 1.29 is 13.6 Å². The molecular formula is C11H11BrF2OS. The second kappa shape index (κ2) is 5.77. The number of carbonyl (C=O) groups is 1. The van der Waals surface area contributed by atoms with E-state index >= 15 is 0 Å². The molecule has 0 bridgehead atoms. The second-order valence-corrected chi connectivity index (χ2v) is 5.43. The topological polar surface area (TPSA) is 17.1 Å². The molecule has 0 radical (unpaired) electrons. The first-order valence-corrected chi connectivity index (χ1v) is 6.76. The Bertz CT molecular complexity index is 394. The molecule has 1 rings (SSSR count). The molecule has 0 spiro atoms. The van der Waals surface area contributed by atoms with E-state index in [1.807, 2.05) is 0 Å². The van der Waals surface area contributed by atoms with Gasteiger partial charge >= 0.3 is 0 Å². The van der Waals surface area contributed by atoms with Gasteiger partial charge in [0.05, 0.1) is 4.83 Å². The van der Waals surface area contributed by atoms with Crippen LogP contribution in [0.2, 0.25) is 0 Å². The number of thioether (sulfide) groups is 1. The molecule has 0 heterocycles. The molecule has 0 saturated heterocycles. The summed E-state index contributed by atoms with van der Waals surface area (Å²) >= 11 is 4.42. The summed E-state index contributed by atoms with van der Waals surface area (Å²) in [6.45, 7) is 1.63. The normalized spacial score (nSPS) is 12.9. The number of hydrogen-bond donors (Lipinski definition) is 0. The third-order valence-electron chi connectivity index (χ3n) is 2.12. The summed E-state index contributed by atoms with van der Waals surface area (Å²) in [7, 11) is 0. The number of Topliss-reactive ketones (excluding diaryl/α,β-unsaturated/α-hetero) is 1. The summed E-state index contributed by atoms with van der Waals surface area (Å²) in [5, 5.41) is 0. The van der Waals surface area contributed by atoms with E-state index in [4.69, 9.17) is 0 Å². The van der Waals surface area contributed by atoms with Crippen molar-refractivity contribution in [2.24, 2.45) is 0 Å². The first-order chi connectivity index (χ1) is 7.49. The molecule has 1 atom stereocenters. The van der Waals surface area contributed by atoms with Gasteiger partial charge in [0.15, 0.2) is 5.78 Å². The van der Waals surface area contributed by atoms with Crippen molar-refractivity contribution in [1.82, 2.24) is 0 Å². The number of halogens is 3. The molecule has 0 aliphatic rings. The van der Waals surface area contributed by atoms with Crippen molar-refractivity contribution >= 4 is 33.5 Å². The largest absolute Gasteiger partial charge is 0.293 e. The SMILES string of the molecule is CSc1cccc(C(F)F)c1C(=O)C(C)Br. The van der Waals surface area contributed by atoms with Crippen LogP contribution < -0.4 is 0 Å². The van der Waals surface area contributed by atoms with E-state index in [-0.39, 0.29) is 16.9 Å². The highest BCUT2D eigenvalue weighted by Gasteiger charge is 2.23. The fraction of sp³-hybridized carbons (Fsp3) is 0.364. The number of ketones is 1. The molecule has 1 aromatic rings. The first-order valence-electron chi connectivity index (χ1n) is 4.62. The lowest BCUT2D eigenvalue weighted by Crippen LogP contribution is -2.14. The maximum atomic E-state index is 12.8. The number of benzene rings is 1. The molecule has 1 unspecified atom stereocenters. The standard InChI is InChI=1S/C11H11BrF2OS/c1-6(12)10(15)9-7(11(13)14)4-3-5-8(9)16-2/h3-6,11H,1-2H3. The molecule has 0 amide bonds. The van der Waals surface area contributed by atoms with Gasteiger partial charge in [0.25, 0.3) is 6.43 Å². The van der Waals surface area contributed by atoms with Gasteiger partial charge in [0.2, 0.25) is 0 Å². The van der Waals surface area contributed by atoms with E-state index in [1.54, 1.807) is 25.3 Å². The Kier molecular flexibility index (Phi) is 4.92. The zero-order valence-electron chi connectivity index (χ0n) is 8.84. The van der Waals surface area contributed by atoms with E-state index in [0.29, 0.717) is 4.90 Å². The minimum atomic E-state index is -2.63. The number of rotatable bonds is 4. The zero-order valence-corrected chi connectivity index (χ0v) is 11.2. The lowest BCUT2D eigenvalue weighted by molar-refractivity contribution is 0.0978. The van der Waals surface area contributed by atoms with Crippen LogP contribution >= 0.6 is 27.7 Å². The Morgan fingerprint density at radius 3 is 2.50 bits per heavy atom. The molecule has 1 aromatic carbocycles. The van der Waals surface area contributed by atoms with E-state index in [2.05, 4.69) is 15.9 Å². The van der Waals surface area contributed by atoms with Gasteiger partial charge in [-0.2, -0.15) is 0 Å². The molecule has 88 valence electrons. The predicted molar refractivity (Wildman–Crippen MR) is 65.9 cm³/mol. The predicted octanol–water partition coefficient (Wildman–Crippen LogP) is 4.31. The quantitative estimate of drug-likeness (QED) is 0.468. The molecule has 0 saturated carbocycles. The van der Waals surface area contributed by atoms with E-state index in [1.165, 1.54) is 17.8 Å². The van der Waals surface area contributed by atoms with Crippen LogP contribution in [0.4, 0.5) is 8.78 Å². The van der Waals surface area contributed by atoms with E-state index in [0.717, 1.165) is 0 Å². The molecule has 0 aliphatic heterocycles. The van der Waals surface area contributed by atoms with Crippen molar-refractivity contribution in [3.05, 3.63) is 29.3 Å². The van der Waals surface area contributed by atoms with Crippen molar-refractivity contribution in [3.63, 3.8) is 0 Å². The Morgan fingerprint density at radius 1 is 1.44 bits per heavy atom. The Morgan fingerprint density at radius 2 is 2.06 bits per heavy atom. The maximum absolute atomic E-state index is 12.8. The number of alkyl halides is 3. The van der Waals surface area contributed by atoms with Gasteiger partial charge in [0.1, 0.15) is 0 Å². The van der Waals surface area contributed by atoms with Crippen LogP contribution in [-0.2, 0) is 0 Å². The van der Waals surface area contributed by atoms with Crippen LogP contribution in [0.25, 0.3) is 0 Å². The van der Waals surface area contributed by atoms with Crippen LogP contribution in [-0.4, -0.2) is 16.9 Å². The van der Waals surface area contributed by atoms with Crippen LogP contribution in [0.15, 0.2) is 23.1 Å². The summed E-state index contributed by atoms with van der Waals surface area (Å²) in [6, 6.07) is 4.52. The van der Waals surface area contributed by atoms with Crippen LogP contribution in [0.3, 0.4) is 0 Å². The lowest BCUT2D eigenvalue weighted by Gasteiger charge is -2.13. The number of carbonyl (C=O) groups excluding carboxylic acids is 1. The minimum absolute atomic E-state index is 0.134. The second-order valence-electron chi connectivity index (χ2n) is 3.21. The Labute approximate surface area is 106 Å². The van der Waals surface area contributed by atoms with Crippen molar-refractivity contribution in [3.8, 4) is 0 Å². The van der Waals surface area contributed by atoms with Gasteiger partial charge in [-0.15, -0.1) is 11.8 Å². The van der Waals surface area contributed by atoms with Crippen molar-refractivity contribution in [2.75, 3.05) is 6.26 Å². The average molecular weight is 309 g/mol. The average Bonchev–Trinajstić information content (AvgIpc) is 2.26. The smallest absolute Gasteiger partial charge is 0.264 e. The van der Waals surface area contributed by atoms with Crippen LogP contribution in [0, 0.1) is 0 Å². The fourth-order valence-corrected chi connectivity index (χ4v) is 2.23. The van der Waals surface area contributed by atoms with Gasteiger partial charge < -0.3 is 0 Å². The fourth-order valence-electron chi connectivity index (χ4n) is 1.36. The van der Waals surface area contributed by atoms with Gasteiger partial charge in [-0.3, -0.25) is 4.79 Å². The van der Waals surface area contributed by atoms with Crippen molar-refractivity contribution in [2.45, 2.75) is 23.1 Å². The Balaban J connectivity index is 3.36. The van der Waals surface area contributed by atoms with E-state index < -0.39 is 11.3 Å². The molecule has 0 fully saturated rings. The summed E-state index contributed by atoms with van der Waals surface area (Å²) in [4.78, 5) is 12.0. The van der Waals surface area contributed by atoms with Crippen LogP contribution in [0.1, 0.15) is 29.3 Å². The highest BCUT2D eigenvalue weighted by Crippen LogP contribution is 2.31. The molecule has 0 aliphatic carbocycles. The lowest BCUT2D eigenvalue weighted by atomic mass is 10.0. The molecule has 1 nitrogen and oxygen atoms in total. The maximum Gasteiger partial charge on any atom is 0.264 e. The molecule has 0 aromatic heterocycles. The summed E-state index contributed by atoms with van der Waals surface area (Å²) in [6.07, 6.45) is -0.863. The van der Waals surface area contributed by atoms with Gasteiger partial charge in [-0.25, -0.2) is 8.78 Å². The third-order valence-corrected chi connectivity index (χ3v) is 3.32. The zero-order chi connectivity index (χ0) is 12.3. The van der Waals surface area contributed by atoms with Gasteiger partial charge in [0, 0.05) is 16.0 Å². The highest BCUT2D eigenvalue weighted by atomic mass is 79.9. The van der Waals surface area contributed by atoms with Crippen LogP contribution in [0.5, 0.6) is 0 Å².